The number of amides is 1. The Morgan fingerprint density at radius 3 is 2.78 bits per heavy atom. The summed E-state index contributed by atoms with van der Waals surface area (Å²) >= 11 is 0. The minimum absolute atomic E-state index is 0.0371. The van der Waals surface area contributed by atoms with Crippen LogP contribution in [0.5, 0.6) is 0 Å². The summed E-state index contributed by atoms with van der Waals surface area (Å²) in [7, 11) is -0.694. The molecule has 1 aliphatic rings. The number of hydrogen-bond acceptors (Lipinski definition) is 4. The molecule has 1 fully saturated rings. The van der Waals surface area contributed by atoms with Crippen LogP contribution in [0.4, 0.5) is 5.69 Å². The predicted octanol–water partition coefficient (Wildman–Crippen LogP) is 0.234. The second-order valence-corrected chi connectivity index (χ2v) is 6.15. The second-order valence-electron chi connectivity index (χ2n) is 4.45. The fraction of sp³-hybridized carbons (Fsp3) is 0.500. The SMILES string of the molecule is Nc1ccc(CC(=O)NC2CCS(=O)CC2)nc1. The molecule has 6 heteroatoms. The van der Waals surface area contributed by atoms with E-state index in [1.54, 1.807) is 18.3 Å². The summed E-state index contributed by atoms with van der Waals surface area (Å²) in [5.41, 5.74) is 6.83. The Morgan fingerprint density at radius 1 is 1.44 bits per heavy atom. The molecule has 1 aliphatic heterocycles. The number of pyridine rings is 1. The van der Waals surface area contributed by atoms with Crippen molar-refractivity contribution in [1.29, 1.82) is 0 Å². The summed E-state index contributed by atoms with van der Waals surface area (Å²) in [6, 6.07) is 3.65. The number of carbonyl (C=O) groups excluding carboxylic acids is 1. The van der Waals surface area contributed by atoms with E-state index in [1.165, 1.54) is 0 Å². The molecular formula is C12H17N3O2S. The maximum absolute atomic E-state index is 11.8. The molecule has 0 atom stereocenters. The molecule has 0 unspecified atom stereocenters. The molecule has 5 nitrogen and oxygen atoms in total. The molecule has 0 saturated carbocycles. The summed E-state index contributed by atoms with van der Waals surface area (Å²) in [6.45, 7) is 0. The monoisotopic (exact) mass is 267 g/mol. The van der Waals surface area contributed by atoms with E-state index in [9.17, 15) is 9.00 Å². The Bertz CT molecular complexity index is 437. The Morgan fingerprint density at radius 2 is 2.17 bits per heavy atom. The van der Waals surface area contributed by atoms with Crippen molar-refractivity contribution in [3.63, 3.8) is 0 Å². The Labute approximate surface area is 109 Å². The molecule has 3 N–H and O–H groups in total. The van der Waals surface area contributed by atoms with Crippen molar-refractivity contribution in [3.05, 3.63) is 24.0 Å². The maximum Gasteiger partial charge on any atom is 0.226 e. The quantitative estimate of drug-likeness (QED) is 0.821. The molecule has 0 aromatic carbocycles. The van der Waals surface area contributed by atoms with E-state index in [-0.39, 0.29) is 18.4 Å². The van der Waals surface area contributed by atoms with Crippen molar-refractivity contribution in [2.75, 3.05) is 17.2 Å². The van der Waals surface area contributed by atoms with Gasteiger partial charge in [0.15, 0.2) is 0 Å². The Hall–Kier alpha value is -1.43. The third-order valence-electron chi connectivity index (χ3n) is 2.94. The zero-order valence-corrected chi connectivity index (χ0v) is 10.9. The number of nitrogens with one attached hydrogen (secondary N) is 1. The number of anilines is 1. The van der Waals surface area contributed by atoms with Crippen molar-refractivity contribution in [1.82, 2.24) is 10.3 Å². The van der Waals surface area contributed by atoms with Crippen molar-refractivity contribution in [3.8, 4) is 0 Å². The first-order valence-electron chi connectivity index (χ1n) is 5.98. The smallest absolute Gasteiger partial charge is 0.226 e. The van der Waals surface area contributed by atoms with Crippen molar-refractivity contribution in [2.45, 2.75) is 25.3 Å². The highest BCUT2D eigenvalue weighted by molar-refractivity contribution is 7.85. The van der Waals surface area contributed by atoms with Gasteiger partial charge < -0.3 is 11.1 Å². The minimum Gasteiger partial charge on any atom is -0.397 e. The largest absolute Gasteiger partial charge is 0.397 e. The lowest BCUT2D eigenvalue weighted by atomic mass is 10.1. The Balaban J connectivity index is 1.81. The molecule has 1 aromatic heterocycles. The molecule has 1 aromatic rings. The molecule has 0 spiro atoms. The molecule has 0 aliphatic carbocycles. The topological polar surface area (TPSA) is 85.1 Å². The molecule has 98 valence electrons. The van der Waals surface area contributed by atoms with Crippen molar-refractivity contribution in [2.24, 2.45) is 0 Å². The fourth-order valence-corrected chi connectivity index (χ4v) is 3.22. The van der Waals surface area contributed by atoms with Crippen LogP contribution in [0.1, 0.15) is 18.5 Å². The number of aromatic nitrogens is 1. The molecule has 0 radical (unpaired) electrons. The van der Waals surface area contributed by atoms with Gasteiger partial charge in [-0.1, -0.05) is 0 Å². The van der Waals surface area contributed by atoms with Gasteiger partial charge in [-0.2, -0.15) is 0 Å². The molecule has 1 amide bonds. The van der Waals surface area contributed by atoms with Gasteiger partial charge in [-0.05, 0) is 25.0 Å². The van der Waals surface area contributed by atoms with Crippen LogP contribution in [-0.4, -0.2) is 32.6 Å². The van der Waals surface area contributed by atoms with Gasteiger partial charge in [0.25, 0.3) is 0 Å². The van der Waals surface area contributed by atoms with Gasteiger partial charge in [0, 0.05) is 34.0 Å². The number of nitrogen functional groups attached to an aromatic ring is 1. The summed E-state index contributed by atoms with van der Waals surface area (Å²) in [5, 5.41) is 2.96. The standard InChI is InChI=1S/C12H17N3O2S/c13-9-1-2-11(14-8-9)7-12(16)15-10-3-5-18(17)6-4-10/h1-2,8,10H,3-7,13H2,(H,15,16). The van der Waals surface area contributed by atoms with E-state index in [0.717, 1.165) is 12.8 Å². The minimum atomic E-state index is -0.694. The van der Waals surface area contributed by atoms with Gasteiger partial charge in [0.05, 0.1) is 18.3 Å². The Kier molecular flexibility index (Phi) is 4.30. The molecule has 1 saturated heterocycles. The van der Waals surface area contributed by atoms with Gasteiger partial charge in [-0.3, -0.25) is 14.0 Å². The second kappa shape index (κ2) is 5.95. The average molecular weight is 267 g/mol. The first-order valence-corrected chi connectivity index (χ1v) is 7.47. The summed E-state index contributed by atoms with van der Waals surface area (Å²) in [4.78, 5) is 15.9. The lowest BCUT2D eigenvalue weighted by Gasteiger charge is -2.22. The lowest BCUT2D eigenvalue weighted by Crippen LogP contribution is -2.40. The van der Waals surface area contributed by atoms with Crippen LogP contribution in [0.3, 0.4) is 0 Å². The average Bonchev–Trinajstić information content (AvgIpc) is 2.35. The van der Waals surface area contributed by atoms with Crippen LogP contribution in [0.15, 0.2) is 18.3 Å². The normalized spacial score (nSPS) is 23.6. The fourth-order valence-electron chi connectivity index (χ4n) is 1.92. The highest BCUT2D eigenvalue weighted by Gasteiger charge is 2.19. The number of hydrogen-bond donors (Lipinski definition) is 2. The first-order chi connectivity index (χ1) is 8.63. The number of carbonyl (C=O) groups is 1. The van der Waals surface area contributed by atoms with E-state index >= 15 is 0 Å². The number of nitrogens with zero attached hydrogens (tertiary/aromatic N) is 1. The van der Waals surface area contributed by atoms with E-state index in [2.05, 4.69) is 10.3 Å². The third-order valence-corrected chi connectivity index (χ3v) is 4.32. The zero-order valence-electron chi connectivity index (χ0n) is 10.1. The highest BCUT2D eigenvalue weighted by atomic mass is 32.2. The summed E-state index contributed by atoms with van der Waals surface area (Å²) in [6.07, 6.45) is 3.41. The van der Waals surface area contributed by atoms with Crippen molar-refractivity contribution >= 4 is 22.4 Å². The van der Waals surface area contributed by atoms with Gasteiger partial charge in [0.1, 0.15) is 0 Å². The van der Waals surface area contributed by atoms with Gasteiger partial charge in [0.2, 0.25) is 5.91 Å². The molecule has 0 bridgehead atoms. The van der Waals surface area contributed by atoms with Crippen molar-refractivity contribution < 1.29 is 9.00 Å². The molecule has 2 heterocycles. The van der Waals surface area contributed by atoms with E-state index in [1.807, 2.05) is 0 Å². The van der Waals surface area contributed by atoms with Gasteiger partial charge in [-0.15, -0.1) is 0 Å². The van der Waals surface area contributed by atoms with Crippen LogP contribution >= 0.6 is 0 Å². The molecule has 2 rings (SSSR count). The van der Waals surface area contributed by atoms with Crippen LogP contribution in [-0.2, 0) is 22.0 Å². The zero-order chi connectivity index (χ0) is 13.0. The predicted molar refractivity (Wildman–Crippen MR) is 71.4 cm³/mol. The van der Waals surface area contributed by atoms with Crippen LogP contribution in [0.25, 0.3) is 0 Å². The number of rotatable bonds is 3. The maximum atomic E-state index is 11.8. The van der Waals surface area contributed by atoms with Gasteiger partial charge in [-0.25, -0.2) is 0 Å². The number of nitrogens with two attached hydrogens (primary N) is 1. The lowest BCUT2D eigenvalue weighted by molar-refractivity contribution is -0.121. The van der Waals surface area contributed by atoms with E-state index in [0.29, 0.717) is 22.9 Å². The first kappa shape index (κ1) is 13.0. The van der Waals surface area contributed by atoms with Crippen LogP contribution in [0.2, 0.25) is 0 Å². The van der Waals surface area contributed by atoms with Crippen LogP contribution < -0.4 is 11.1 Å². The molecule has 18 heavy (non-hydrogen) atoms. The van der Waals surface area contributed by atoms with Crippen LogP contribution in [0, 0.1) is 0 Å². The van der Waals surface area contributed by atoms with Gasteiger partial charge >= 0.3 is 0 Å². The molecular weight excluding hydrogens is 250 g/mol. The third kappa shape index (κ3) is 3.80. The summed E-state index contributed by atoms with van der Waals surface area (Å²) < 4.78 is 11.2. The van der Waals surface area contributed by atoms with E-state index in [4.69, 9.17) is 5.73 Å². The highest BCUT2D eigenvalue weighted by Crippen LogP contribution is 2.09. The van der Waals surface area contributed by atoms with E-state index < -0.39 is 10.8 Å². The summed E-state index contributed by atoms with van der Waals surface area (Å²) in [5.74, 6) is 1.33.